The van der Waals surface area contributed by atoms with Crippen molar-refractivity contribution in [3.8, 4) is 22.8 Å². The molecule has 0 saturated carbocycles. The van der Waals surface area contributed by atoms with Crippen LogP contribution in [-0.2, 0) is 70.5 Å². The van der Waals surface area contributed by atoms with E-state index in [9.17, 15) is 0 Å². The summed E-state index contributed by atoms with van der Waals surface area (Å²) in [6.45, 7) is 15.3. The van der Waals surface area contributed by atoms with E-state index < -0.39 is 0 Å². The first-order valence-corrected chi connectivity index (χ1v) is 24.1. The van der Waals surface area contributed by atoms with Gasteiger partial charge < -0.3 is 0 Å². The summed E-state index contributed by atoms with van der Waals surface area (Å²) in [6, 6.07) is 45.9. The SMILES string of the molecule is CC(C)c1c2ccccc2[n+](C)n1C.CC(C)c1nc(C(C)C)[n+](C)n1C.Cc1c2ccccc2[n+](C)n1C.Cn1c(-c2ccccc2)nc(-c2ccccc2)[n+]1C.Cn1c2ccccc2c[n+]1C. The molecule has 360 valence electrons. The van der Waals surface area contributed by atoms with Crippen LogP contribution in [0.5, 0.6) is 0 Å². The van der Waals surface area contributed by atoms with Gasteiger partial charge in [-0.05, 0) is 71.3 Å². The molecule has 0 amide bonds. The summed E-state index contributed by atoms with van der Waals surface area (Å²) in [5.41, 5.74) is 8.84. The Labute approximate surface area is 410 Å². The third kappa shape index (κ3) is 11.1. The van der Waals surface area contributed by atoms with Crippen LogP contribution in [0.15, 0.2) is 140 Å². The molecule has 5 heterocycles. The Kier molecular flexibility index (Phi) is 16.5. The van der Waals surface area contributed by atoms with Crippen LogP contribution in [0, 0.1) is 6.92 Å². The van der Waals surface area contributed by atoms with E-state index in [0.717, 1.165) is 34.4 Å². The largest absolute Gasteiger partial charge is 0.351 e. The Morgan fingerprint density at radius 1 is 0.435 bits per heavy atom. The molecule has 10 rings (SSSR count). The van der Waals surface area contributed by atoms with Gasteiger partial charge in [-0.3, -0.25) is 0 Å². The van der Waals surface area contributed by atoms with E-state index in [1.54, 1.807) is 0 Å². The Morgan fingerprint density at radius 2 is 0.942 bits per heavy atom. The van der Waals surface area contributed by atoms with Crippen LogP contribution in [0.3, 0.4) is 0 Å². The average Bonchev–Trinajstić information content (AvgIpc) is 4.08. The van der Waals surface area contributed by atoms with Crippen molar-refractivity contribution in [2.24, 2.45) is 70.5 Å². The van der Waals surface area contributed by atoms with Crippen molar-refractivity contribution in [2.75, 3.05) is 0 Å². The molecule has 0 aliphatic carbocycles. The lowest BCUT2D eigenvalue weighted by molar-refractivity contribution is -0.760. The fraction of sp³-hybridized carbons (Fsp3) is 0.351. The molecule has 0 N–H and O–H groups in total. The second kappa shape index (κ2) is 22.3. The Hall–Kier alpha value is -7.21. The fourth-order valence-corrected chi connectivity index (χ4v) is 8.91. The summed E-state index contributed by atoms with van der Waals surface area (Å²) in [6.07, 6.45) is 2.12. The molecule has 0 bridgehead atoms. The van der Waals surface area contributed by atoms with Gasteiger partial charge in [-0.1, -0.05) is 114 Å². The number of hydrogen-bond acceptors (Lipinski definition) is 2. The van der Waals surface area contributed by atoms with E-state index in [-0.39, 0.29) is 0 Å². The highest BCUT2D eigenvalue weighted by atomic mass is 15.4. The highest BCUT2D eigenvalue weighted by molar-refractivity contribution is 5.79. The molecule has 5 aromatic heterocycles. The number of para-hydroxylation sites is 3. The molecule has 10 aromatic rings. The van der Waals surface area contributed by atoms with E-state index in [1.165, 1.54) is 44.1 Å². The summed E-state index contributed by atoms with van der Waals surface area (Å²) in [7, 11) is 20.7. The van der Waals surface area contributed by atoms with Crippen LogP contribution in [0.1, 0.15) is 82.3 Å². The summed E-state index contributed by atoms with van der Waals surface area (Å²) in [5, 5.41) is 3.99. The maximum absolute atomic E-state index is 4.78. The third-order valence-corrected chi connectivity index (χ3v) is 13.3. The molecular formula is C57H77N12+5. The molecule has 0 atom stereocenters. The van der Waals surface area contributed by atoms with Crippen LogP contribution in [0.2, 0.25) is 0 Å². The van der Waals surface area contributed by atoms with Gasteiger partial charge in [0.15, 0.2) is 21.1 Å². The van der Waals surface area contributed by atoms with Crippen LogP contribution in [0.25, 0.3) is 55.5 Å². The third-order valence-electron chi connectivity index (χ3n) is 13.3. The molecule has 12 heteroatoms. The quantitative estimate of drug-likeness (QED) is 0.163. The van der Waals surface area contributed by atoms with Crippen molar-refractivity contribution in [3.05, 3.63) is 163 Å². The van der Waals surface area contributed by atoms with Gasteiger partial charge in [-0.25, -0.2) is 0 Å². The maximum atomic E-state index is 4.78. The van der Waals surface area contributed by atoms with Crippen molar-refractivity contribution in [1.29, 1.82) is 0 Å². The second-order valence-corrected chi connectivity index (χ2v) is 18.8. The number of rotatable bonds is 5. The van der Waals surface area contributed by atoms with Gasteiger partial charge in [0.25, 0.3) is 11.6 Å². The first-order chi connectivity index (χ1) is 32.8. The zero-order valence-electron chi connectivity index (χ0n) is 44.4. The summed E-state index contributed by atoms with van der Waals surface area (Å²) in [4.78, 5) is 9.41. The van der Waals surface area contributed by atoms with Crippen molar-refractivity contribution >= 4 is 32.7 Å². The number of aryl methyl sites for hydroxylation is 5. The van der Waals surface area contributed by atoms with Gasteiger partial charge in [0.05, 0.1) is 74.3 Å². The fourth-order valence-electron chi connectivity index (χ4n) is 8.91. The van der Waals surface area contributed by atoms with Crippen LogP contribution >= 0.6 is 0 Å². The number of hydrogen-bond donors (Lipinski definition) is 0. The highest BCUT2D eigenvalue weighted by Gasteiger charge is 2.26. The average molecular weight is 930 g/mol. The van der Waals surface area contributed by atoms with Crippen LogP contribution in [0.4, 0.5) is 0 Å². The first-order valence-electron chi connectivity index (χ1n) is 24.1. The highest BCUT2D eigenvalue weighted by Crippen LogP contribution is 2.23. The van der Waals surface area contributed by atoms with Crippen molar-refractivity contribution in [2.45, 2.75) is 66.2 Å². The van der Waals surface area contributed by atoms with Gasteiger partial charge in [0, 0.05) is 23.6 Å². The second-order valence-electron chi connectivity index (χ2n) is 18.8. The van der Waals surface area contributed by atoms with E-state index in [4.69, 9.17) is 4.98 Å². The minimum absolute atomic E-state index is 0.490. The Morgan fingerprint density at radius 3 is 1.46 bits per heavy atom. The predicted octanol–water partition coefficient (Wildman–Crippen LogP) is 8.51. The summed E-state index contributed by atoms with van der Waals surface area (Å²) < 4.78 is 21.3. The lowest BCUT2D eigenvalue weighted by Crippen LogP contribution is -2.41. The molecule has 0 saturated heterocycles. The Bertz CT molecular complexity index is 3140. The van der Waals surface area contributed by atoms with Crippen molar-refractivity contribution in [1.82, 2.24) is 33.4 Å². The molecule has 5 aromatic carbocycles. The van der Waals surface area contributed by atoms with Gasteiger partial charge in [0.2, 0.25) is 17.2 Å². The minimum Gasteiger partial charge on any atom is -0.181 e. The van der Waals surface area contributed by atoms with Gasteiger partial charge in [-0.2, -0.15) is 32.8 Å². The van der Waals surface area contributed by atoms with Crippen LogP contribution < -0.4 is 23.4 Å². The molecule has 0 fully saturated rings. The molecule has 69 heavy (non-hydrogen) atoms. The monoisotopic (exact) mass is 930 g/mol. The van der Waals surface area contributed by atoms with Gasteiger partial charge >= 0.3 is 11.6 Å². The van der Waals surface area contributed by atoms with Gasteiger partial charge in [0.1, 0.15) is 19.6 Å². The number of fused-ring (bicyclic) bond motifs is 3. The zero-order chi connectivity index (χ0) is 50.3. The van der Waals surface area contributed by atoms with Crippen molar-refractivity contribution in [3.63, 3.8) is 0 Å². The minimum atomic E-state index is 0.490. The molecular weight excluding hydrogens is 853 g/mol. The summed E-state index contributed by atoms with van der Waals surface area (Å²) in [5.74, 6) is 5.81. The number of benzene rings is 5. The lowest BCUT2D eigenvalue weighted by atomic mass is 10.1. The first kappa shape index (κ1) is 51.2. The predicted molar refractivity (Wildman–Crippen MR) is 279 cm³/mol. The molecule has 0 unspecified atom stereocenters. The van der Waals surface area contributed by atoms with E-state index in [2.05, 4.69) is 253 Å². The smallest absolute Gasteiger partial charge is 0.181 e. The molecule has 0 aliphatic heterocycles. The standard InChI is InChI=1S/C16H16N3.C12H17N2.C10H20N3.C10H13N2.C9H11N2/c1-18-15(13-9-5-3-6-10-13)17-16(19(18)2)14-11-7-4-8-12-14;1-9(2)12-10-7-5-6-8-11(10)13(3)14(12)4;1-7(2)9-11-10(8(3)4)13(6)12(9)5;1-8-9-6-4-5-7-10(9)12(3)11(8)2;1-10-7-8-5-3-4-6-9(8)11(10)2/h3-12H,1-2H3;5-9H,1-4H3;7-8H,1-6H3;4-7H,1-3H3;3-7H,1-2H3/q5*+1. The molecule has 0 aliphatic rings. The molecule has 12 nitrogen and oxygen atoms in total. The number of nitrogens with zero attached hydrogens (tertiary/aromatic N) is 12. The summed E-state index contributed by atoms with van der Waals surface area (Å²) >= 11 is 0. The maximum Gasteiger partial charge on any atom is 0.351 e. The van der Waals surface area contributed by atoms with E-state index in [0.29, 0.717) is 17.8 Å². The lowest BCUT2D eigenvalue weighted by Gasteiger charge is -2.02. The van der Waals surface area contributed by atoms with Gasteiger partial charge in [-0.15, -0.1) is 14.0 Å². The van der Waals surface area contributed by atoms with E-state index in [1.807, 2.05) is 57.5 Å². The molecule has 0 radical (unpaired) electrons. The zero-order valence-corrected chi connectivity index (χ0v) is 44.4. The van der Waals surface area contributed by atoms with Crippen LogP contribution in [-0.4, -0.2) is 33.4 Å². The number of aromatic nitrogens is 12. The topological polar surface area (TPSA) is 69.8 Å². The van der Waals surface area contributed by atoms with E-state index >= 15 is 0 Å². The van der Waals surface area contributed by atoms with Crippen molar-refractivity contribution < 1.29 is 23.4 Å². The Balaban J connectivity index is 0.000000144. The normalized spacial score (nSPS) is 11.1. The molecule has 0 spiro atoms.